The summed E-state index contributed by atoms with van der Waals surface area (Å²) in [4.78, 5) is 54.0. The molecule has 0 bridgehead atoms. The summed E-state index contributed by atoms with van der Waals surface area (Å²) >= 11 is 20.6. The Morgan fingerprint density at radius 3 is 0.978 bits per heavy atom. The number of unbranched alkanes of at least 4 members (excludes halogenated alkanes) is 3. The molecular formula is C52H103NO32P4S4. The molecule has 0 radical (unpaired) electrons. The number of hydrogen-bond acceptors (Lipinski definition) is 32. The largest absolute Gasteiger partial charge is 0.394 e. The molecule has 3 fully saturated rings. The number of ether oxygens (including phenoxy) is 10. The molecule has 14 N–H and O–H groups in total. The van der Waals surface area contributed by atoms with Crippen LogP contribution in [0.25, 0.3) is 0 Å². The Morgan fingerprint density at radius 1 is 0.409 bits per heavy atom. The smallest absolute Gasteiger partial charge is 0.324 e. The van der Waals surface area contributed by atoms with Crippen LogP contribution in [-0.4, -0.2) is 297 Å². The topological polar surface area (TPSA) is 458 Å². The fraction of sp³-hybridized carbons (Fsp3) is 0.981. The molecule has 0 aromatic rings. The molecule has 3 saturated heterocycles. The zero-order chi connectivity index (χ0) is 69.1. The zero-order valence-corrected chi connectivity index (χ0v) is 59.9. The van der Waals surface area contributed by atoms with Gasteiger partial charge in [0.2, 0.25) is 5.91 Å². The molecule has 19 atom stereocenters. The first-order valence-corrected chi connectivity index (χ1v) is 41.1. The highest BCUT2D eigenvalue weighted by atomic mass is 32.5. The first kappa shape index (κ1) is 88.0. The number of amides is 1. The average molecular weight is 1510 g/mol. The molecule has 0 spiro atoms. The van der Waals surface area contributed by atoms with Crippen molar-refractivity contribution in [3.05, 3.63) is 0 Å². The van der Waals surface area contributed by atoms with Crippen LogP contribution < -0.4 is 5.32 Å². The third-order valence-corrected chi connectivity index (χ3v) is 21.1. The van der Waals surface area contributed by atoms with Crippen molar-refractivity contribution in [2.75, 3.05) is 146 Å². The minimum absolute atomic E-state index is 0.000221. The molecule has 3 heterocycles. The van der Waals surface area contributed by atoms with E-state index >= 15 is 0 Å². The second-order valence-corrected chi connectivity index (χ2v) is 33.8. The number of carbonyl (C=O) groups excluding carboxylic acids is 1. The van der Waals surface area contributed by atoms with E-state index in [4.69, 9.17) is 131 Å². The highest BCUT2D eigenvalue weighted by Gasteiger charge is 2.46. The molecule has 0 aliphatic carbocycles. The highest BCUT2D eigenvalue weighted by Crippen LogP contribution is 2.46. The highest BCUT2D eigenvalue weighted by molar-refractivity contribution is 8.08. The first-order chi connectivity index (χ1) is 44.1. The van der Waals surface area contributed by atoms with Gasteiger partial charge in [-0.2, -0.15) is 0 Å². The van der Waals surface area contributed by atoms with Gasteiger partial charge in [-0.05, 0) is 111 Å². The van der Waals surface area contributed by atoms with E-state index in [1.54, 1.807) is 13.8 Å². The van der Waals surface area contributed by atoms with Gasteiger partial charge in [-0.3, -0.25) is 4.79 Å². The number of nitrogens with one attached hydrogen (secondary N) is 1. The summed E-state index contributed by atoms with van der Waals surface area (Å²) in [5, 5.41) is 92.6. The summed E-state index contributed by atoms with van der Waals surface area (Å²) < 4.78 is 102. The Kier molecular flexibility index (Phi) is 44.7. The van der Waals surface area contributed by atoms with Crippen molar-refractivity contribution in [2.45, 2.75) is 165 Å². The van der Waals surface area contributed by atoms with Gasteiger partial charge in [0.1, 0.15) is 48.8 Å². The summed E-state index contributed by atoms with van der Waals surface area (Å²) in [6, 6.07) is -1.10. The third kappa shape index (κ3) is 35.0. The van der Waals surface area contributed by atoms with Crippen LogP contribution in [0.15, 0.2) is 0 Å². The lowest BCUT2D eigenvalue weighted by Crippen LogP contribution is -2.64. The maximum absolute atomic E-state index is 11.7. The summed E-state index contributed by atoms with van der Waals surface area (Å²) in [7, 11) is 1.24. The van der Waals surface area contributed by atoms with Gasteiger partial charge in [-0.1, -0.05) is 13.8 Å². The molecule has 3 aliphatic rings. The van der Waals surface area contributed by atoms with Gasteiger partial charge in [0.15, 0.2) is 18.9 Å². The Balaban J connectivity index is 1.54. The SMILES string of the molecule is COP(O)(=S)OCCCOCC(COCCCOP(O)(=S)OCCCCO[C@@H]1OC(CO)[C@H](O)[C@H](O)C1C)(COCCCOP(O)(=S)OCCCCO[C@@H]1OC(CO)[C@H](O)[C@H](O)C1C)COCCCOP(O)(=S)OCCCCO[C@@H]1OC(CO)[C@H](O)[C@H](O)C1NC(C)=O. The lowest BCUT2D eigenvalue weighted by Gasteiger charge is -2.42. The van der Waals surface area contributed by atoms with Crippen molar-refractivity contribution >= 4 is 80.0 Å². The van der Waals surface area contributed by atoms with Crippen molar-refractivity contribution in [3.63, 3.8) is 0 Å². The Bertz CT molecular complexity index is 2140. The van der Waals surface area contributed by atoms with Crippen LogP contribution in [0.2, 0.25) is 0 Å². The van der Waals surface area contributed by atoms with Crippen molar-refractivity contribution < 1.29 is 154 Å². The van der Waals surface area contributed by atoms with Gasteiger partial charge in [-0.15, -0.1) is 0 Å². The average Bonchev–Trinajstić information content (AvgIpc) is 1.06. The standard InChI is InChI=1S/C52H103NO32P4S4/c1-36-43(58)45(60)39(29-54)83-49(36)73-19-5-8-22-77-87(65,91)80-26-12-16-70-33-52(32-69-15-11-25-76-86(64,90)68-4,34-71-17-13-27-81-88(66,92)78-23-9-6-20-74-50-37(2)44(59)46(61)40(30-55)84-50)35-72-18-14-28-82-89(67,93)79-24-10-7-21-75-51-42(53-38(3)57)48(63)47(62)41(31-56)85-51/h36-37,39-51,54-56,58-63H,5-35H2,1-4H3,(H,53,57)(H,64,90)(H,65,91)(H,66,92)(H,67,93)/t36?,37?,39?,40?,41?,42?,43-,44-,45+,46+,47+,48-,49-,50-,51-,52?,86?,87?,88?,89?/m1/s1. The van der Waals surface area contributed by atoms with Crippen LogP contribution in [0.3, 0.4) is 0 Å². The third-order valence-electron chi connectivity index (χ3n) is 14.5. The molecule has 10 unspecified atom stereocenters. The zero-order valence-electron chi connectivity index (χ0n) is 53.1. The number of carbonyl (C=O) groups is 1. The molecule has 552 valence electrons. The van der Waals surface area contributed by atoms with Gasteiger partial charge in [-0.25, -0.2) is 0 Å². The van der Waals surface area contributed by atoms with Crippen molar-refractivity contribution in [1.29, 1.82) is 0 Å². The van der Waals surface area contributed by atoms with Crippen LogP contribution >= 0.6 is 26.9 Å². The second-order valence-electron chi connectivity index (χ2n) is 22.3. The van der Waals surface area contributed by atoms with Gasteiger partial charge in [0.25, 0.3) is 0 Å². The molecule has 93 heavy (non-hydrogen) atoms. The fourth-order valence-electron chi connectivity index (χ4n) is 9.12. The van der Waals surface area contributed by atoms with Gasteiger partial charge in [0, 0.05) is 72.1 Å². The lowest BCUT2D eigenvalue weighted by atomic mass is 9.92. The molecular weight excluding hydrogens is 1400 g/mol. The second kappa shape index (κ2) is 47.2. The first-order valence-electron chi connectivity index (χ1n) is 30.8. The number of hydrogen-bond donors (Lipinski definition) is 14. The predicted octanol–water partition coefficient (Wildman–Crippen LogP) is -0.286. The molecule has 0 saturated carbocycles. The number of rotatable bonds is 54. The normalized spacial score (nSPS) is 30.2. The molecule has 0 aromatic carbocycles. The molecule has 3 aliphatic heterocycles. The van der Waals surface area contributed by atoms with Crippen molar-refractivity contribution in [3.8, 4) is 0 Å². The summed E-state index contributed by atoms with van der Waals surface area (Å²) in [5.41, 5.74) is -1.00. The van der Waals surface area contributed by atoms with Gasteiger partial charge >= 0.3 is 26.9 Å². The van der Waals surface area contributed by atoms with E-state index in [0.717, 1.165) is 0 Å². The lowest BCUT2D eigenvalue weighted by molar-refractivity contribution is -0.282. The van der Waals surface area contributed by atoms with Crippen LogP contribution in [-0.2, 0) is 136 Å². The van der Waals surface area contributed by atoms with Crippen LogP contribution in [0, 0.1) is 17.3 Å². The summed E-state index contributed by atoms with van der Waals surface area (Å²) in [6.07, 6.45) is -10.1. The van der Waals surface area contributed by atoms with E-state index in [9.17, 15) is 70.3 Å². The fourth-order valence-corrected chi connectivity index (χ4v) is 13.5. The van der Waals surface area contributed by atoms with Gasteiger partial charge < -0.3 is 154 Å². The molecule has 41 heteroatoms. The van der Waals surface area contributed by atoms with E-state index in [2.05, 4.69) is 5.32 Å². The van der Waals surface area contributed by atoms with E-state index < -0.39 is 150 Å². The maximum atomic E-state index is 11.7. The summed E-state index contributed by atoms with van der Waals surface area (Å²) in [6.45, 7) is -10.5. The van der Waals surface area contributed by atoms with Crippen molar-refractivity contribution in [1.82, 2.24) is 5.32 Å². The van der Waals surface area contributed by atoms with Gasteiger partial charge in [0.05, 0.1) is 110 Å². The molecule has 33 nitrogen and oxygen atoms in total. The van der Waals surface area contributed by atoms with E-state index in [1.165, 1.54) is 14.0 Å². The minimum Gasteiger partial charge on any atom is -0.394 e. The maximum Gasteiger partial charge on any atom is 0.324 e. The predicted molar refractivity (Wildman–Crippen MR) is 344 cm³/mol. The van der Waals surface area contributed by atoms with Crippen molar-refractivity contribution in [2.24, 2.45) is 17.3 Å². The molecule has 0 aromatic heterocycles. The van der Waals surface area contributed by atoms with Crippen LogP contribution in [0.1, 0.15) is 85.0 Å². The van der Waals surface area contributed by atoms with Crippen LogP contribution in [0.5, 0.6) is 0 Å². The summed E-state index contributed by atoms with van der Waals surface area (Å²) in [5.74, 6) is -1.59. The van der Waals surface area contributed by atoms with E-state index in [0.29, 0.717) is 44.9 Å². The Hall–Kier alpha value is 0.830. The minimum atomic E-state index is -3.71. The Morgan fingerprint density at radius 2 is 0.677 bits per heavy atom. The molecule has 1 amide bonds. The monoisotopic (exact) mass is 1510 g/mol. The molecule has 3 rings (SSSR count). The Labute approximate surface area is 564 Å². The van der Waals surface area contributed by atoms with Crippen LogP contribution in [0.4, 0.5) is 0 Å². The van der Waals surface area contributed by atoms with E-state index in [1.807, 2.05) is 0 Å². The number of aliphatic hydroxyl groups is 9. The number of aliphatic hydroxyl groups excluding tert-OH is 9. The van der Waals surface area contributed by atoms with E-state index in [-0.39, 0.29) is 138 Å². The quantitative estimate of drug-likeness (QED) is 0.0275.